The summed E-state index contributed by atoms with van der Waals surface area (Å²) in [5.41, 5.74) is 1.93. The number of benzene rings is 3. The summed E-state index contributed by atoms with van der Waals surface area (Å²) in [6, 6.07) is 23.4. The van der Waals surface area contributed by atoms with Crippen LogP contribution in [0, 0.1) is 0 Å². The molecule has 0 radical (unpaired) electrons. The zero-order valence-electron chi connectivity index (χ0n) is 21.3. The Morgan fingerprint density at radius 2 is 1.72 bits per heavy atom. The van der Waals surface area contributed by atoms with Crippen LogP contribution in [0.25, 0.3) is 0 Å². The monoisotopic (exact) mass is 525 g/mol. The van der Waals surface area contributed by atoms with E-state index >= 15 is 0 Å². The number of nitrogens with zero attached hydrogens (tertiary/aromatic N) is 5. The number of para-hydroxylation sites is 1. The number of aliphatic imine (C=N–C) groups is 1. The summed E-state index contributed by atoms with van der Waals surface area (Å²) in [4.78, 5) is 32.4. The number of rotatable bonds is 9. The van der Waals surface area contributed by atoms with Crippen LogP contribution < -0.4 is 25.0 Å². The van der Waals surface area contributed by atoms with Gasteiger partial charge in [-0.3, -0.25) is 0 Å². The summed E-state index contributed by atoms with van der Waals surface area (Å²) in [6.07, 6.45) is 1.47. The Morgan fingerprint density at radius 1 is 0.974 bits per heavy atom. The van der Waals surface area contributed by atoms with Gasteiger partial charge in [0.2, 0.25) is 11.9 Å². The molecular formula is C28H27N7O4. The number of esters is 1. The number of nitrogens with one attached hydrogen (secondary N) is 2. The number of hydrogen-bond acceptors (Lipinski definition) is 10. The van der Waals surface area contributed by atoms with Crippen molar-refractivity contribution >= 4 is 41.5 Å². The molecule has 0 bridgehead atoms. The zero-order chi connectivity index (χ0) is 26.9. The predicted octanol–water partition coefficient (Wildman–Crippen LogP) is 4.45. The van der Waals surface area contributed by atoms with Crippen molar-refractivity contribution in [1.82, 2.24) is 15.0 Å². The smallest absolute Gasteiger partial charge is 0.343 e. The van der Waals surface area contributed by atoms with Crippen molar-refractivity contribution in [2.24, 2.45) is 4.99 Å². The minimum absolute atomic E-state index is 0.227. The maximum absolute atomic E-state index is 12.4. The lowest BCUT2D eigenvalue weighted by Crippen LogP contribution is -2.37. The van der Waals surface area contributed by atoms with Gasteiger partial charge in [-0.05, 0) is 36.4 Å². The SMILES string of the molecule is COc1cc(OC(=O)c2ccccc2)ccc1N/C=N/c1nc(Nc2ccccc2)nc(N2CCOCC2)n1. The molecule has 0 amide bonds. The van der Waals surface area contributed by atoms with Crippen LogP contribution in [0.15, 0.2) is 83.9 Å². The van der Waals surface area contributed by atoms with Crippen LogP contribution >= 0.6 is 0 Å². The zero-order valence-corrected chi connectivity index (χ0v) is 21.3. The third-order valence-electron chi connectivity index (χ3n) is 5.73. The molecule has 1 aliphatic rings. The molecule has 0 saturated carbocycles. The highest BCUT2D eigenvalue weighted by Gasteiger charge is 2.17. The second kappa shape index (κ2) is 12.5. The van der Waals surface area contributed by atoms with E-state index in [9.17, 15) is 4.79 Å². The molecular weight excluding hydrogens is 498 g/mol. The Kier molecular flexibility index (Phi) is 8.19. The van der Waals surface area contributed by atoms with Gasteiger partial charge in [-0.2, -0.15) is 15.0 Å². The molecule has 11 heteroatoms. The van der Waals surface area contributed by atoms with Gasteiger partial charge >= 0.3 is 5.97 Å². The van der Waals surface area contributed by atoms with E-state index in [1.54, 1.807) is 42.5 Å². The van der Waals surface area contributed by atoms with E-state index in [0.717, 1.165) is 5.69 Å². The van der Waals surface area contributed by atoms with E-state index in [0.29, 0.717) is 60.9 Å². The van der Waals surface area contributed by atoms with Crippen molar-refractivity contribution in [3.05, 3.63) is 84.4 Å². The normalized spacial score (nSPS) is 13.2. The first-order chi connectivity index (χ1) is 19.2. The van der Waals surface area contributed by atoms with Crippen molar-refractivity contribution in [3.8, 4) is 11.5 Å². The second-order valence-electron chi connectivity index (χ2n) is 8.37. The molecule has 198 valence electrons. The van der Waals surface area contributed by atoms with Crippen molar-refractivity contribution in [1.29, 1.82) is 0 Å². The molecule has 1 saturated heterocycles. The minimum atomic E-state index is -0.453. The van der Waals surface area contributed by atoms with Gasteiger partial charge in [-0.25, -0.2) is 9.79 Å². The lowest BCUT2D eigenvalue weighted by molar-refractivity contribution is 0.0734. The molecule has 1 aliphatic heterocycles. The van der Waals surface area contributed by atoms with Gasteiger partial charge in [-0.15, -0.1) is 0 Å². The number of methoxy groups -OCH3 is 1. The molecule has 2 heterocycles. The average molecular weight is 526 g/mol. The van der Waals surface area contributed by atoms with Gasteiger partial charge in [0.05, 0.1) is 37.9 Å². The van der Waals surface area contributed by atoms with E-state index in [1.165, 1.54) is 13.4 Å². The molecule has 0 spiro atoms. The molecule has 0 unspecified atom stereocenters. The first-order valence-corrected chi connectivity index (χ1v) is 12.3. The molecule has 3 aromatic carbocycles. The van der Waals surface area contributed by atoms with Gasteiger partial charge in [-0.1, -0.05) is 36.4 Å². The summed E-state index contributed by atoms with van der Waals surface area (Å²) < 4.78 is 16.4. The predicted molar refractivity (Wildman–Crippen MR) is 149 cm³/mol. The van der Waals surface area contributed by atoms with Gasteiger partial charge in [0.1, 0.15) is 11.5 Å². The van der Waals surface area contributed by atoms with Gasteiger partial charge in [0.25, 0.3) is 5.95 Å². The molecule has 1 fully saturated rings. The molecule has 0 atom stereocenters. The quantitative estimate of drug-likeness (QED) is 0.140. The largest absolute Gasteiger partial charge is 0.494 e. The fourth-order valence-electron chi connectivity index (χ4n) is 3.78. The van der Waals surface area contributed by atoms with E-state index in [1.807, 2.05) is 41.3 Å². The Hall–Kier alpha value is -5.03. The van der Waals surface area contributed by atoms with Crippen LogP contribution in [0.1, 0.15) is 10.4 Å². The lowest BCUT2D eigenvalue weighted by Gasteiger charge is -2.26. The second-order valence-corrected chi connectivity index (χ2v) is 8.37. The number of hydrogen-bond donors (Lipinski definition) is 2. The fourth-order valence-corrected chi connectivity index (χ4v) is 3.78. The third-order valence-corrected chi connectivity index (χ3v) is 5.73. The molecule has 39 heavy (non-hydrogen) atoms. The van der Waals surface area contributed by atoms with Crippen LogP contribution in [0.3, 0.4) is 0 Å². The average Bonchev–Trinajstić information content (AvgIpc) is 2.99. The molecule has 5 rings (SSSR count). The standard InChI is InChI=1S/C28H27N7O4/c1-37-24-18-22(39-25(36)20-8-4-2-5-9-20)12-13-23(24)29-19-30-26-32-27(31-21-10-6-3-7-11-21)34-28(33-26)35-14-16-38-17-15-35/h2-13,18-19H,14-17H2,1H3,(H2,29,30,31,32,33,34). The van der Waals surface area contributed by atoms with Crippen molar-refractivity contribution in [2.75, 3.05) is 48.9 Å². The number of morpholine rings is 1. The number of anilines is 4. The van der Waals surface area contributed by atoms with Crippen LogP contribution in [0.4, 0.5) is 29.2 Å². The molecule has 2 N–H and O–H groups in total. The van der Waals surface area contributed by atoms with Gasteiger partial charge in [0, 0.05) is 24.8 Å². The third kappa shape index (κ3) is 6.84. The Labute approximate surface area is 225 Å². The first kappa shape index (κ1) is 25.6. The van der Waals surface area contributed by atoms with Crippen LogP contribution in [0.2, 0.25) is 0 Å². The van der Waals surface area contributed by atoms with Crippen LogP contribution in [-0.2, 0) is 4.74 Å². The maximum atomic E-state index is 12.4. The molecule has 1 aromatic heterocycles. The highest BCUT2D eigenvalue weighted by molar-refractivity contribution is 5.91. The highest BCUT2D eigenvalue weighted by atomic mass is 16.5. The Balaban J connectivity index is 1.32. The first-order valence-electron chi connectivity index (χ1n) is 12.3. The Morgan fingerprint density at radius 3 is 2.46 bits per heavy atom. The van der Waals surface area contributed by atoms with Crippen molar-refractivity contribution in [3.63, 3.8) is 0 Å². The van der Waals surface area contributed by atoms with Crippen LogP contribution in [-0.4, -0.2) is 60.7 Å². The number of carbonyl (C=O) groups is 1. The topological polar surface area (TPSA) is 123 Å². The van der Waals surface area contributed by atoms with E-state index < -0.39 is 5.97 Å². The van der Waals surface area contributed by atoms with E-state index in [4.69, 9.17) is 14.2 Å². The summed E-state index contributed by atoms with van der Waals surface area (Å²) in [6.45, 7) is 2.55. The summed E-state index contributed by atoms with van der Waals surface area (Å²) in [7, 11) is 1.53. The maximum Gasteiger partial charge on any atom is 0.343 e. The van der Waals surface area contributed by atoms with Crippen molar-refractivity contribution < 1.29 is 19.0 Å². The highest BCUT2D eigenvalue weighted by Crippen LogP contribution is 2.29. The molecule has 11 nitrogen and oxygen atoms in total. The molecule has 4 aromatic rings. The van der Waals surface area contributed by atoms with Gasteiger partial charge in [0.15, 0.2) is 0 Å². The van der Waals surface area contributed by atoms with E-state index in [2.05, 4.69) is 30.6 Å². The Bertz CT molecular complexity index is 1430. The summed E-state index contributed by atoms with van der Waals surface area (Å²) in [5.74, 6) is 1.49. The lowest BCUT2D eigenvalue weighted by atomic mass is 10.2. The number of carbonyl (C=O) groups excluding carboxylic acids is 1. The van der Waals surface area contributed by atoms with Gasteiger partial charge < -0.3 is 29.7 Å². The van der Waals surface area contributed by atoms with E-state index in [-0.39, 0.29) is 5.95 Å². The number of aromatic nitrogens is 3. The van der Waals surface area contributed by atoms with Crippen LogP contribution in [0.5, 0.6) is 11.5 Å². The summed E-state index contributed by atoms with van der Waals surface area (Å²) >= 11 is 0. The number of ether oxygens (including phenoxy) is 3. The minimum Gasteiger partial charge on any atom is -0.494 e. The summed E-state index contributed by atoms with van der Waals surface area (Å²) in [5, 5.41) is 6.29. The molecule has 0 aliphatic carbocycles. The van der Waals surface area contributed by atoms with Crippen molar-refractivity contribution in [2.45, 2.75) is 0 Å². The fraction of sp³-hybridized carbons (Fsp3) is 0.179.